The summed E-state index contributed by atoms with van der Waals surface area (Å²) in [5.41, 5.74) is -1.52. The van der Waals surface area contributed by atoms with E-state index in [9.17, 15) is 39.0 Å². The molecule has 2 aliphatic heterocycles. The zero-order chi connectivity index (χ0) is 36.3. The number of hydrogen-bond donors (Lipinski definition) is 7. The molecule has 1 fully saturated rings. The largest absolute Gasteiger partial charge is 0.450 e. The van der Waals surface area contributed by atoms with Gasteiger partial charge in [-0.25, -0.2) is 14.4 Å². The molecule has 19 nitrogen and oxygen atoms in total. The molecule has 1 aromatic carbocycles. The number of carbonyl (C=O) groups excluding carboxylic acids is 4. The highest BCUT2D eigenvalue weighted by Gasteiger charge is 2.44. The van der Waals surface area contributed by atoms with Gasteiger partial charge in [-0.05, 0) is 25.3 Å². The van der Waals surface area contributed by atoms with Gasteiger partial charge in [0, 0.05) is 25.2 Å². The lowest BCUT2D eigenvalue weighted by atomic mass is 10.1. The highest BCUT2D eigenvalue weighted by molar-refractivity contribution is 5.86. The molecule has 7 N–H and O–H groups in total. The number of H-pyrrole nitrogens is 1. The second-order valence-electron chi connectivity index (χ2n) is 11.5. The molecule has 19 heteroatoms. The average Bonchev–Trinajstić information content (AvgIpc) is 3.77. The van der Waals surface area contributed by atoms with Gasteiger partial charge in [-0.15, -0.1) is 12.3 Å². The molecule has 6 unspecified atom stereocenters. The lowest BCUT2D eigenvalue weighted by molar-refractivity contribution is -0.123. The Morgan fingerprint density at radius 1 is 1.08 bits per heavy atom. The molecule has 3 heterocycles. The molecule has 2 aliphatic rings. The maximum atomic E-state index is 12.8. The summed E-state index contributed by atoms with van der Waals surface area (Å²) >= 11 is 0. The van der Waals surface area contributed by atoms with Gasteiger partial charge >= 0.3 is 17.9 Å². The SMILES string of the molecule is C#CCC(NC(=O)OC(CCCOC(=O)NCC(=O)NCC1OC(n2ccc(=O)[nH]c2=O)C(O)C1O)c1ccccc1)C(=O)NCC1(C)N=N1. The Bertz CT molecular complexity index is 1700. The first-order chi connectivity index (χ1) is 23.9. The number of alkyl carbamates (subject to hydrolysis) is 2. The van der Waals surface area contributed by atoms with Gasteiger partial charge in [0.1, 0.15) is 30.5 Å². The lowest BCUT2D eigenvalue weighted by Crippen LogP contribution is -2.48. The van der Waals surface area contributed by atoms with E-state index < -0.39 is 84.1 Å². The molecule has 0 saturated carbocycles. The van der Waals surface area contributed by atoms with Gasteiger partial charge in [0.05, 0.1) is 19.7 Å². The summed E-state index contributed by atoms with van der Waals surface area (Å²) < 4.78 is 17.2. The van der Waals surface area contributed by atoms with Crippen LogP contribution >= 0.6 is 0 Å². The van der Waals surface area contributed by atoms with E-state index in [2.05, 4.69) is 37.4 Å². The second kappa shape index (κ2) is 17.2. The molecule has 50 heavy (non-hydrogen) atoms. The smallest absolute Gasteiger partial charge is 0.408 e. The number of nitrogens with one attached hydrogen (secondary N) is 5. The predicted octanol–water partition coefficient (Wildman–Crippen LogP) is -1.06. The summed E-state index contributed by atoms with van der Waals surface area (Å²) in [5, 5.41) is 38.1. The Kier molecular flexibility index (Phi) is 12.8. The number of aliphatic hydroxyl groups excluding tert-OH is 2. The minimum atomic E-state index is -1.53. The number of amides is 4. The van der Waals surface area contributed by atoms with Crippen molar-refractivity contribution in [3.8, 4) is 12.3 Å². The van der Waals surface area contributed by atoms with Crippen molar-refractivity contribution in [2.75, 3.05) is 26.2 Å². The topological polar surface area (TPSA) is 264 Å². The third kappa shape index (κ3) is 10.7. The number of aliphatic hydroxyl groups is 2. The Morgan fingerprint density at radius 3 is 2.50 bits per heavy atom. The molecule has 1 saturated heterocycles. The molecule has 0 spiro atoms. The zero-order valence-corrected chi connectivity index (χ0v) is 26.9. The summed E-state index contributed by atoms with van der Waals surface area (Å²) in [4.78, 5) is 75.2. The Morgan fingerprint density at radius 2 is 1.82 bits per heavy atom. The van der Waals surface area contributed by atoms with Gasteiger partial charge in [-0.2, -0.15) is 10.2 Å². The van der Waals surface area contributed by atoms with E-state index in [0.29, 0.717) is 5.56 Å². The average molecular weight is 699 g/mol. The molecule has 0 bridgehead atoms. The van der Waals surface area contributed by atoms with E-state index in [1.54, 1.807) is 37.3 Å². The van der Waals surface area contributed by atoms with Crippen LogP contribution in [0.15, 0.2) is 62.4 Å². The van der Waals surface area contributed by atoms with Crippen LogP contribution in [0.25, 0.3) is 0 Å². The van der Waals surface area contributed by atoms with Crippen molar-refractivity contribution in [2.45, 2.75) is 68.5 Å². The highest BCUT2D eigenvalue weighted by Crippen LogP contribution is 2.28. The normalized spacial score (nSPS) is 21.2. The summed E-state index contributed by atoms with van der Waals surface area (Å²) in [6.45, 7) is 1.04. The molecule has 6 atom stereocenters. The number of rotatable bonds is 16. The van der Waals surface area contributed by atoms with Crippen LogP contribution in [0, 0.1) is 12.3 Å². The van der Waals surface area contributed by atoms with E-state index in [1.165, 1.54) is 0 Å². The fourth-order valence-corrected chi connectivity index (χ4v) is 4.80. The van der Waals surface area contributed by atoms with Crippen molar-refractivity contribution in [3.05, 3.63) is 69.0 Å². The van der Waals surface area contributed by atoms with Gasteiger partial charge < -0.3 is 45.7 Å². The summed E-state index contributed by atoms with van der Waals surface area (Å²) in [6, 6.07) is 8.80. The first kappa shape index (κ1) is 37.2. The van der Waals surface area contributed by atoms with Crippen molar-refractivity contribution in [2.24, 2.45) is 10.2 Å². The predicted molar refractivity (Wildman–Crippen MR) is 171 cm³/mol. The van der Waals surface area contributed by atoms with Gasteiger partial charge in [0.2, 0.25) is 17.5 Å². The Labute approximate surface area is 284 Å². The number of aromatic nitrogens is 2. The molecule has 1 aromatic heterocycles. The lowest BCUT2D eigenvalue weighted by Gasteiger charge is -2.21. The van der Waals surface area contributed by atoms with E-state index in [4.69, 9.17) is 20.6 Å². The quantitative estimate of drug-likeness (QED) is 0.0820. The number of benzene rings is 1. The number of aromatic amines is 1. The fourth-order valence-electron chi connectivity index (χ4n) is 4.80. The van der Waals surface area contributed by atoms with Crippen molar-refractivity contribution < 1.29 is 43.6 Å². The first-order valence-electron chi connectivity index (χ1n) is 15.6. The van der Waals surface area contributed by atoms with E-state index in [0.717, 1.165) is 16.8 Å². The van der Waals surface area contributed by atoms with Crippen LogP contribution in [-0.4, -0.2) is 100 Å². The minimum absolute atomic E-state index is 0.0799. The summed E-state index contributed by atoms with van der Waals surface area (Å²) in [7, 11) is 0. The van der Waals surface area contributed by atoms with Gasteiger partial charge in [-0.3, -0.25) is 23.9 Å². The molecular weight excluding hydrogens is 660 g/mol. The Balaban J connectivity index is 1.17. The molecule has 268 valence electrons. The maximum absolute atomic E-state index is 12.8. The number of nitrogens with zero attached hydrogens (tertiary/aromatic N) is 3. The molecule has 2 aromatic rings. The molecule has 0 radical (unpaired) electrons. The number of hydrogen-bond acceptors (Lipinski definition) is 13. The standard InChI is InChI=1S/C31H38N8O11/c1-3-8-19(26(44)34-17-31(2)37-38-31)35-30(47)50-20(18-9-5-4-6-10-18)11-7-14-48-29(46)33-16-23(41)32-15-21-24(42)25(43)27(49-21)39-13-12-22(40)36-28(39)45/h1,4-6,9-10,12-13,19-21,24-25,27,42-43H,7-8,11,14-17H2,2H3,(H,32,41)(H,33,46)(H,34,44)(H,35,47)(H,36,40,45). The van der Waals surface area contributed by atoms with Crippen LogP contribution in [-0.2, 0) is 23.8 Å². The summed E-state index contributed by atoms with van der Waals surface area (Å²) in [6.07, 6.45) is -1.04. The first-order valence-corrected chi connectivity index (χ1v) is 15.6. The van der Waals surface area contributed by atoms with Crippen molar-refractivity contribution in [1.29, 1.82) is 0 Å². The summed E-state index contributed by atoms with van der Waals surface area (Å²) in [5.74, 6) is 1.18. The van der Waals surface area contributed by atoms with E-state index >= 15 is 0 Å². The third-order valence-electron chi connectivity index (χ3n) is 7.59. The maximum Gasteiger partial charge on any atom is 0.408 e. The van der Waals surface area contributed by atoms with Crippen molar-refractivity contribution in [1.82, 2.24) is 30.8 Å². The Hall–Kier alpha value is -5.58. The fraction of sp³-hybridized carbons (Fsp3) is 0.484. The number of terminal acetylenes is 1. The molecule has 4 rings (SSSR count). The van der Waals surface area contributed by atoms with Crippen LogP contribution in [0.4, 0.5) is 9.59 Å². The monoisotopic (exact) mass is 698 g/mol. The van der Waals surface area contributed by atoms with Crippen LogP contribution < -0.4 is 32.5 Å². The van der Waals surface area contributed by atoms with Crippen LogP contribution in [0.1, 0.15) is 44.1 Å². The van der Waals surface area contributed by atoms with E-state index in [-0.39, 0.29) is 39.0 Å². The zero-order valence-electron chi connectivity index (χ0n) is 26.9. The van der Waals surface area contributed by atoms with Crippen LogP contribution in [0.5, 0.6) is 0 Å². The van der Waals surface area contributed by atoms with E-state index in [1.807, 2.05) is 4.98 Å². The second-order valence-corrected chi connectivity index (χ2v) is 11.5. The van der Waals surface area contributed by atoms with Gasteiger partial charge in [0.15, 0.2) is 6.23 Å². The number of carbonyl (C=O) groups is 4. The third-order valence-corrected chi connectivity index (χ3v) is 7.59. The van der Waals surface area contributed by atoms with Gasteiger partial charge in [0.25, 0.3) is 5.56 Å². The minimum Gasteiger partial charge on any atom is -0.450 e. The molecule has 0 aliphatic carbocycles. The van der Waals surface area contributed by atoms with Crippen molar-refractivity contribution >= 4 is 24.0 Å². The van der Waals surface area contributed by atoms with Crippen LogP contribution in [0.2, 0.25) is 0 Å². The highest BCUT2D eigenvalue weighted by atomic mass is 16.6. The van der Waals surface area contributed by atoms with Crippen LogP contribution in [0.3, 0.4) is 0 Å². The van der Waals surface area contributed by atoms with Crippen molar-refractivity contribution in [3.63, 3.8) is 0 Å². The van der Waals surface area contributed by atoms with Gasteiger partial charge in [-0.1, -0.05) is 30.3 Å². The molecular formula is C31H38N8O11. The number of ether oxygens (including phenoxy) is 3. The molecule has 4 amide bonds.